The van der Waals surface area contributed by atoms with Gasteiger partial charge in [-0.05, 0) is 31.4 Å². The molecule has 3 rings (SSSR count). The van der Waals surface area contributed by atoms with Crippen molar-refractivity contribution in [2.24, 2.45) is 0 Å². The summed E-state index contributed by atoms with van der Waals surface area (Å²) in [6, 6.07) is 5.27. The molecule has 5 nitrogen and oxygen atoms in total. The Balaban J connectivity index is 1.99. The van der Waals surface area contributed by atoms with E-state index in [1.54, 1.807) is 22.9 Å². The van der Waals surface area contributed by atoms with Gasteiger partial charge in [0.1, 0.15) is 11.5 Å². The molecule has 0 bridgehead atoms. The summed E-state index contributed by atoms with van der Waals surface area (Å²) >= 11 is 12.5. The first-order valence-corrected chi connectivity index (χ1v) is 8.57. The van der Waals surface area contributed by atoms with E-state index >= 15 is 0 Å². The zero-order chi connectivity index (χ0) is 16.4. The van der Waals surface area contributed by atoms with E-state index in [1.165, 1.54) is 6.42 Å². The van der Waals surface area contributed by atoms with Gasteiger partial charge < -0.3 is 4.90 Å². The van der Waals surface area contributed by atoms with Crippen molar-refractivity contribution in [2.75, 3.05) is 13.1 Å². The summed E-state index contributed by atoms with van der Waals surface area (Å²) in [5, 5.41) is 5.35. The Morgan fingerprint density at radius 2 is 1.83 bits per heavy atom. The lowest BCUT2D eigenvalue weighted by Crippen LogP contribution is -2.36. The molecule has 23 heavy (non-hydrogen) atoms. The normalized spacial score (nSPS) is 15.0. The summed E-state index contributed by atoms with van der Waals surface area (Å²) in [6.07, 6.45) is 3.86. The zero-order valence-electron chi connectivity index (χ0n) is 12.9. The molecule has 1 aliphatic heterocycles. The van der Waals surface area contributed by atoms with E-state index in [0.29, 0.717) is 28.0 Å². The molecule has 122 valence electrons. The van der Waals surface area contributed by atoms with Gasteiger partial charge in [-0.15, -0.1) is 5.10 Å². The van der Waals surface area contributed by atoms with Crippen molar-refractivity contribution in [1.29, 1.82) is 0 Å². The van der Waals surface area contributed by atoms with Crippen LogP contribution >= 0.6 is 23.2 Å². The molecule has 7 heteroatoms. The third-order valence-corrected chi connectivity index (χ3v) is 4.58. The maximum atomic E-state index is 12.6. The average molecular weight is 353 g/mol. The molecule has 2 heterocycles. The highest BCUT2D eigenvalue weighted by atomic mass is 35.5. The smallest absolute Gasteiger partial charge is 0.293 e. The number of carbonyl (C=O) groups is 1. The molecule has 0 radical (unpaired) electrons. The first-order valence-electron chi connectivity index (χ1n) is 7.81. The standard InChI is InChI=1S/C16H18Cl2N4O/c1-2-13-19-15(16(23)21-9-4-3-5-10-21)20-22(13)14-11(17)7-6-8-12(14)18/h6-8H,2-5,9-10H2,1H3. The number of piperidine rings is 1. The van der Waals surface area contributed by atoms with Gasteiger partial charge in [0.15, 0.2) is 0 Å². The zero-order valence-corrected chi connectivity index (χ0v) is 14.4. The van der Waals surface area contributed by atoms with Gasteiger partial charge in [0.25, 0.3) is 5.91 Å². The number of amides is 1. The Kier molecular flexibility index (Phi) is 4.87. The van der Waals surface area contributed by atoms with Crippen molar-refractivity contribution < 1.29 is 4.79 Å². The van der Waals surface area contributed by atoms with Gasteiger partial charge in [0, 0.05) is 19.5 Å². The molecule has 2 aromatic rings. The number of halogens is 2. The number of aryl methyl sites for hydroxylation is 1. The van der Waals surface area contributed by atoms with Gasteiger partial charge in [-0.1, -0.05) is 36.2 Å². The van der Waals surface area contributed by atoms with Crippen LogP contribution in [0.4, 0.5) is 0 Å². The molecule has 1 aromatic heterocycles. The highest BCUT2D eigenvalue weighted by Gasteiger charge is 2.24. The summed E-state index contributed by atoms with van der Waals surface area (Å²) in [6.45, 7) is 3.49. The molecule has 1 aliphatic rings. The van der Waals surface area contributed by atoms with Gasteiger partial charge in [-0.3, -0.25) is 4.79 Å². The molecule has 1 fully saturated rings. The molecule has 0 spiro atoms. The van der Waals surface area contributed by atoms with Gasteiger partial charge >= 0.3 is 0 Å². The van der Waals surface area contributed by atoms with Crippen LogP contribution in [0.2, 0.25) is 10.0 Å². The van der Waals surface area contributed by atoms with Crippen molar-refractivity contribution in [1.82, 2.24) is 19.7 Å². The van der Waals surface area contributed by atoms with Crippen molar-refractivity contribution in [3.8, 4) is 5.69 Å². The Hall–Kier alpha value is -1.59. The van der Waals surface area contributed by atoms with Crippen molar-refractivity contribution in [2.45, 2.75) is 32.6 Å². The van der Waals surface area contributed by atoms with Crippen LogP contribution in [-0.2, 0) is 6.42 Å². The number of hydrogen-bond acceptors (Lipinski definition) is 3. The SMILES string of the molecule is CCc1nc(C(=O)N2CCCCC2)nn1-c1c(Cl)cccc1Cl. The summed E-state index contributed by atoms with van der Waals surface area (Å²) in [4.78, 5) is 18.8. The topological polar surface area (TPSA) is 51.0 Å². The average Bonchev–Trinajstić information content (AvgIpc) is 2.99. The number of rotatable bonds is 3. The second-order valence-corrected chi connectivity index (χ2v) is 6.35. The monoisotopic (exact) mass is 352 g/mol. The lowest BCUT2D eigenvalue weighted by Gasteiger charge is -2.25. The van der Waals surface area contributed by atoms with Crippen molar-refractivity contribution in [3.05, 3.63) is 39.9 Å². The van der Waals surface area contributed by atoms with Crippen LogP contribution in [0.15, 0.2) is 18.2 Å². The van der Waals surface area contributed by atoms with Gasteiger partial charge in [0.05, 0.1) is 10.0 Å². The summed E-state index contributed by atoms with van der Waals surface area (Å²) in [7, 11) is 0. The Labute approximate surface area is 145 Å². The Morgan fingerprint density at radius 3 is 2.43 bits per heavy atom. The fraction of sp³-hybridized carbons (Fsp3) is 0.438. The molecule has 1 amide bonds. The van der Waals surface area contributed by atoms with Crippen LogP contribution in [0, 0.1) is 0 Å². The fourth-order valence-corrected chi connectivity index (χ4v) is 3.33. The number of carbonyl (C=O) groups excluding carboxylic acids is 1. The van der Waals surface area contributed by atoms with E-state index < -0.39 is 0 Å². The molecule has 0 N–H and O–H groups in total. The Bertz CT molecular complexity index is 703. The highest BCUT2D eigenvalue weighted by molar-refractivity contribution is 6.37. The van der Waals surface area contributed by atoms with Crippen LogP contribution < -0.4 is 0 Å². The van der Waals surface area contributed by atoms with Gasteiger partial charge in [-0.2, -0.15) is 0 Å². The molecule has 1 aromatic carbocycles. The largest absolute Gasteiger partial charge is 0.336 e. The predicted octanol–water partition coefficient (Wildman–Crippen LogP) is 3.76. The summed E-state index contributed by atoms with van der Waals surface area (Å²) < 4.78 is 1.59. The second-order valence-electron chi connectivity index (χ2n) is 5.54. The molecule has 0 unspecified atom stereocenters. The quantitative estimate of drug-likeness (QED) is 0.844. The summed E-state index contributed by atoms with van der Waals surface area (Å²) in [5.41, 5.74) is 0.567. The second kappa shape index (κ2) is 6.89. The lowest BCUT2D eigenvalue weighted by atomic mass is 10.1. The molecular weight excluding hydrogens is 335 g/mol. The van der Waals surface area contributed by atoms with Crippen LogP contribution in [0.5, 0.6) is 0 Å². The Morgan fingerprint density at radius 1 is 1.17 bits per heavy atom. The molecule has 1 saturated heterocycles. The number of likely N-dealkylation sites (tertiary alicyclic amines) is 1. The first kappa shape index (κ1) is 16.3. The molecule has 0 aliphatic carbocycles. The maximum Gasteiger partial charge on any atom is 0.293 e. The van der Waals surface area contributed by atoms with Gasteiger partial charge in [-0.25, -0.2) is 9.67 Å². The van der Waals surface area contributed by atoms with E-state index in [2.05, 4.69) is 10.1 Å². The number of aromatic nitrogens is 3. The minimum Gasteiger partial charge on any atom is -0.336 e. The fourth-order valence-electron chi connectivity index (χ4n) is 2.77. The van der Waals surface area contributed by atoms with Crippen LogP contribution in [-0.4, -0.2) is 38.7 Å². The van der Waals surface area contributed by atoms with Crippen LogP contribution in [0.3, 0.4) is 0 Å². The van der Waals surface area contributed by atoms with E-state index in [4.69, 9.17) is 23.2 Å². The minimum atomic E-state index is -0.124. The van der Waals surface area contributed by atoms with Crippen LogP contribution in [0.1, 0.15) is 42.6 Å². The van der Waals surface area contributed by atoms with Crippen molar-refractivity contribution >= 4 is 29.1 Å². The number of hydrogen-bond donors (Lipinski definition) is 0. The molecular formula is C16H18Cl2N4O. The number of nitrogens with zero attached hydrogens (tertiary/aromatic N) is 4. The molecule has 0 atom stereocenters. The van der Waals surface area contributed by atoms with Gasteiger partial charge in [0.2, 0.25) is 5.82 Å². The highest BCUT2D eigenvalue weighted by Crippen LogP contribution is 2.29. The van der Waals surface area contributed by atoms with Crippen molar-refractivity contribution in [3.63, 3.8) is 0 Å². The van der Waals surface area contributed by atoms with E-state index in [0.717, 1.165) is 25.9 Å². The van der Waals surface area contributed by atoms with Crippen LogP contribution in [0.25, 0.3) is 5.69 Å². The molecule has 0 saturated carbocycles. The van der Waals surface area contributed by atoms with E-state index in [1.807, 2.05) is 11.8 Å². The minimum absolute atomic E-state index is 0.124. The van der Waals surface area contributed by atoms with E-state index in [9.17, 15) is 4.79 Å². The third-order valence-electron chi connectivity index (χ3n) is 3.97. The summed E-state index contributed by atoms with van der Waals surface area (Å²) in [5.74, 6) is 0.751. The van der Waals surface area contributed by atoms with E-state index in [-0.39, 0.29) is 11.7 Å². The third kappa shape index (κ3) is 3.21. The first-order chi connectivity index (χ1) is 11.1. The number of para-hydroxylation sites is 1. The maximum absolute atomic E-state index is 12.6. The number of benzene rings is 1. The lowest BCUT2D eigenvalue weighted by molar-refractivity contribution is 0.0712. The predicted molar refractivity (Wildman–Crippen MR) is 90.5 cm³/mol.